The van der Waals surface area contributed by atoms with Crippen molar-refractivity contribution in [3.05, 3.63) is 23.5 Å². The third kappa shape index (κ3) is 2.32. The predicted octanol–water partition coefficient (Wildman–Crippen LogP) is 3.13. The molecule has 0 unspecified atom stereocenters. The standard InChI is InChI=1S/C15H19FO4/c1-19-10-8-11(13(16)12(9-10)20-2)15(14(17)18)6-4-3-5-7-15/h8-9H,3-7H2,1-2H3,(H,17,18). The van der Waals surface area contributed by atoms with E-state index in [1.54, 1.807) is 0 Å². The zero-order chi connectivity index (χ0) is 14.8. The van der Waals surface area contributed by atoms with Gasteiger partial charge in [-0.25, -0.2) is 4.39 Å². The summed E-state index contributed by atoms with van der Waals surface area (Å²) in [6, 6.07) is 2.91. The zero-order valence-corrected chi connectivity index (χ0v) is 11.7. The van der Waals surface area contributed by atoms with Crippen molar-refractivity contribution < 1.29 is 23.8 Å². The molecule has 0 amide bonds. The first-order chi connectivity index (χ1) is 9.55. The van der Waals surface area contributed by atoms with Gasteiger partial charge in [-0.1, -0.05) is 19.3 Å². The van der Waals surface area contributed by atoms with Crippen molar-refractivity contribution in [1.82, 2.24) is 0 Å². The predicted molar refractivity (Wildman–Crippen MR) is 71.9 cm³/mol. The fourth-order valence-electron chi connectivity index (χ4n) is 2.94. The van der Waals surface area contributed by atoms with Crippen LogP contribution in [-0.2, 0) is 10.2 Å². The number of carbonyl (C=O) groups is 1. The number of halogens is 1. The lowest BCUT2D eigenvalue weighted by molar-refractivity contribution is -0.145. The van der Waals surface area contributed by atoms with Gasteiger partial charge in [0.15, 0.2) is 11.6 Å². The number of benzene rings is 1. The number of carboxylic acids is 1. The second-order valence-electron chi connectivity index (χ2n) is 5.14. The number of carboxylic acid groups (broad SMARTS) is 1. The van der Waals surface area contributed by atoms with Crippen LogP contribution in [0.4, 0.5) is 4.39 Å². The molecule has 0 aromatic heterocycles. The van der Waals surface area contributed by atoms with Crippen LogP contribution in [0.1, 0.15) is 37.7 Å². The lowest BCUT2D eigenvalue weighted by atomic mass is 9.69. The summed E-state index contributed by atoms with van der Waals surface area (Å²) in [6.07, 6.45) is 3.43. The SMILES string of the molecule is COc1cc(OC)c(F)c(C2(C(=O)O)CCCCC2)c1. The maximum atomic E-state index is 14.5. The highest BCUT2D eigenvalue weighted by Gasteiger charge is 2.44. The molecule has 4 nitrogen and oxygen atoms in total. The summed E-state index contributed by atoms with van der Waals surface area (Å²) in [5.74, 6) is -1.15. The van der Waals surface area contributed by atoms with Crippen molar-refractivity contribution in [2.45, 2.75) is 37.5 Å². The molecule has 0 heterocycles. The second-order valence-corrected chi connectivity index (χ2v) is 5.14. The Bertz CT molecular complexity index is 507. The Kier molecular flexibility index (Phi) is 4.16. The Balaban J connectivity index is 2.61. The summed E-state index contributed by atoms with van der Waals surface area (Å²) in [7, 11) is 2.82. The van der Waals surface area contributed by atoms with Crippen LogP contribution in [0, 0.1) is 5.82 Å². The first-order valence-corrected chi connectivity index (χ1v) is 6.70. The summed E-state index contributed by atoms with van der Waals surface area (Å²) in [4.78, 5) is 11.8. The number of hydrogen-bond acceptors (Lipinski definition) is 3. The normalized spacial score (nSPS) is 17.6. The van der Waals surface area contributed by atoms with E-state index in [2.05, 4.69) is 0 Å². The van der Waals surface area contributed by atoms with Gasteiger partial charge in [-0.2, -0.15) is 0 Å². The maximum Gasteiger partial charge on any atom is 0.314 e. The van der Waals surface area contributed by atoms with Crippen LogP contribution in [-0.4, -0.2) is 25.3 Å². The van der Waals surface area contributed by atoms with Gasteiger partial charge in [-0.05, 0) is 18.9 Å². The molecule has 1 aromatic carbocycles. The maximum absolute atomic E-state index is 14.5. The molecule has 1 aliphatic carbocycles. The van der Waals surface area contributed by atoms with E-state index in [4.69, 9.17) is 9.47 Å². The van der Waals surface area contributed by atoms with Gasteiger partial charge < -0.3 is 14.6 Å². The van der Waals surface area contributed by atoms with Crippen LogP contribution in [0.3, 0.4) is 0 Å². The van der Waals surface area contributed by atoms with Crippen molar-refractivity contribution in [3.8, 4) is 11.5 Å². The molecule has 0 atom stereocenters. The Morgan fingerprint density at radius 1 is 1.20 bits per heavy atom. The number of rotatable bonds is 4. The highest BCUT2D eigenvalue weighted by molar-refractivity contribution is 5.82. The van der Waals surface area contributed by atoms with Gasteiger partial charge in [-0.15, -0.1) is 0 Å². The van der Waals surface area contributed by atoms with Crippen molar-refractivity contribution in [3.63, 3.8) is 0 Å². The fourth-order valence-corrected chi connectivity index (χ4v) is 2.94. The largest absolute Gasteiger partial charge is 0.497 e. The molecule has 1 N–H and O–H groups in total. The van der Waals surface area contributed by atoms with E-state index >= 15 is 0 Å². The highest BCUT2D eigenvalue weighted by Crippen LogP contribution is 2.44. The first-order valence-electron chi connectivity index (χ1n) is 6.70. The van der Waals surface area contributed by atoms with Gasteiger partial charge in [0.25, 0.3) is 0 Å². The topological polar surface area (TPSA) is 55.8 Å². The molecule has 1 saturated carbocycles. The minimum Gasteiger partial charge on any atom is -0.497 e. The van der Waals surface area contributed by atoms with E-state index in [9.17, 15) is 14.3 Å². The van der Waals surface area contributed by atoms with Crippen LogP contribution in [0.2, 0.25) is 0 Å². The lowest BCUT2D eigenvalue weighted by Gasteiger charge is -2.34. The zero-order valence-electron chi connectivity index (χ0n) is 11.7. The molecule has 5 heteroatoms. The Morgan fingerprint density at radius 2 is 1.85 bits per heavy atom. The Morgan fingerprint density at radius 3 is 2.35 bits per heavy atom. The molecule has 0 radical (unpaired) electrons. The molecule has 1 fully saturated rings. The molecule has 0 aliphatic heterocycles. The summed E-state index contributed by atoms with van der Waals surface area (Å²) in [6.45, 7) is 0. The van der Waals surface area contributed by atoms with Gasteiger partial charge in [-0.3, -0.25) is 4.79 Å². The minimum atomic E-state index is -1.18. The van der Waals surface area contributed by atoms with Crippen molar-refractivity contribution >= 4 is 5.97 Å². The monoisotopic (exact) mass is 282 g/mol. The van der Waals surface area contributed by atoms with E-state index < -0.39 is 17.2 Å². The smallest absolute Gasteiger partial charge is 0.314 e. The first kappa shape index (κ1) is 14.6. The molecular formula is C15H19FO4. The minimum absolute atomic E-state index is 0.0190. The van der Waals surface area contributed by atoms with Gasteiger partial charge in [0.1, 0.15) is 5.75 Å². The number of aliphatic carboxylic acids is 1. The molecule has 0 saturated heterocycles. The molecule has 110 valence electrons. The summed E-state index contributed by atoms with van der Waals surface area (Å²) in [5.41, 5.74) is -1.01. The average Bonchev–Trinajstić information content (AvgIpc) is 2.48. The third-order valence-corrected chi connectivity index (χ3v) is 4.10. The highest BCUT2D eigenvalue weighted by atomic mass is 19.1. The van der Waals surface area contributed by atoms with Crippen molar-refractivity contribution in [2.24, 2.45) is 0 Å². The Hall–Kier alpha value is -1.78. The number of methoxy groups -OCH3 is 2. The molecule has 0 bridgehead atoms. The molecular weight excluding hydrogens is 263 g/mol. The number of ether oxygens (including phenoxy) is 2. The second kappa shape index (κ2) is 5.69. The van der Waals surface area contributed by atoms with Gasteiger partial charge in [0.2, 0.25) is 0 Å². The van der Waals surface area contributed by atoms with Crippen LogP contribution in [0.25, 0.3) is 0 Å². The van der Waals surface area contributed by atoms with E-state index in [1.165, 1.54) is 26.4 Å². The number of hydrogen-bond donors (Lipinski definition) is 1. The van der Waals surface area contributed by atoms with E-state index in [0.717, 1.165) is 19.3 Å². The van der Waals surface area contributed by atoms with Crippen molar-refractivity contribution in [2.75, 3.05) is 14.2 Å². The summed E-state index contributed by atoms with van der Waals surface area (Å²) >= 11 is 0. The Labute approximate surface area is 117 Å². The molecule has 1 aliphatic rings. The third-order valence-electron chi connectivity index (χ3n) is 4.10. The molecule has 2 rings (SSSR count). The van der Waals surface area contributed by atoms with E-state index in [1.807, 2.05) is 0 Å². The fraction of sp³-hybridized carbons (Fsp3) is 0.533. The quantitative estimate of drug-likeness (QED) is 0.921. The van der Waals surface area contributed by atoms with Gasteiger partial charge in [0, 0.05) is 11.6 Å². The van der Waals surface area contributed by atoms with Crippen molar-refractivity contribution in [1.29, 1.82) is 0 Å². The molecule has 0 spiro atoms. The molecule has 20 heavy (non-hydrogen) atoms. The average molecular weight is 282 g/mol. The van der Waals surface area contributed by atoms with Crippen LogP contribution >= 0.6 is 0 Å². The lowest BCUT2D eigenvalue weighted by Crippen LogP contribution is -2.38. The molecule has 1 aromatic rings. The van der Waals surface area contributed by atoms with Crippen LogP contribution in [0.15, 0.2) is 12.1 Å². The summed E-state index contributed by atoms with van der Waals surface area (Å²) < 4.78 is 24.7. The van der Waals surface area contributed by atoms with Crippen LogP contribution in [0.5, 0.6) is 11.5 Å². The summed E-state index contributed by atoms with van der Waals surface area (Å²) in [5, 5.41) is 9.65. The van der Waals surface area contributed by atoms with Gasteiger partial charge in [0.05, 0.1) is 19.6 Å². The van der Waals surface area contributed by atoms with Gasteiger partial charge >= 0.3 is 5.97 Å². The van der Waals surface area contributed by atoms with Crippen LogP contribution < -0.4 is 9.47 Å². The van der Waals surface area contributed by atoms with E-state index in [-0.39, 0.29) is 11.3 Å². The van der Waals surface area contributed by atoms with E-state index in [0.29, 0.717) is 18.6 Å².